The topological polar surface area (TPSA) is 75.5 Å². The summed E-state index contributed by atoms with van der Waals surface area (Å²) in [7, 11) is 0. The van der Waals surface area contributed by atoms with Gasteiger partial charge in [-0.05, 0) is 57.1 Å². The lowest BCUT2D eigenvalue weighted by Crippen LogP contribution is -2.48. The van der Waals surface area contributed by atoms with E-state index in [1.54, 1.807) is 6.92 Å². The molecule has 3 heterocycles. The number of carbonyl (C=O) groups is 2. The molecule has 0 N–H and O–H groups in total. The van der Waals surface area contributed by atoms with Crippen LogP contribution in [0.5, 0.6) is 0 Å². The van der Waals surface area contributed by atoms with Crippen molar-refractivity contribution in [2.24, 2.45) is 11.3 Å². The van der Waals surface area contributed by atoms with E-state index in [0.29, 0.717) is 37.5 Å². The van der Waals surface area contributed by atoms with Gasteiger partial charge >= 0.3 is 5.69 Å². The normalized spacial score (nSPS) is 19.9. The number of carbonyl (C=O) groups excluding carboxylic acids is 2. The highest BCUT2D eigenvalue weighted by atomic mass is 16.2. The number of nitrogens with zero attached hydrogens (tertiary/aromatic N) is 4. The van der Waals surface area contributed by atoms with Crippen LogP contribution in [-0.2, 0) is 22.6 Å². The Morgan fingerprint density at radius 1 is 1.12 bits per heavy atom. The zero-order valence-electron chi connectivity index (χ0n) is 20.8. The van der Waals surface area contributed by atoms with Crippen molar-refractivity contribution in [3.63, 3.8) is 0 Å². The standard InChI is InChI=1S/C27H36N4O3/c1-19(2)17-31-23(15-22-8-6-5-7-9-22)16-27(25(31)33)10-12-29(13-11-27)24(32)18-30-21(4)14-20(3)28-26(30)34/h5-9,14,19,23H,10-13,15-18H2,1-4H3/t23-/m1/s1. The van der Waals surface area contributed by atoms with E-state index in [1.165, 1.54) is 10.1 Å². The van der Waals surface area contributed by atoms with Gasteiger partial charge in [-0.25, -0.2) is 4.79 Å². The van der Waals surface area contributed by atoms with Crippen molar-refractivity contribution in [1.29, 1.82) is 0 Å². The summed E-state index contributed by atoms with van der Waals surface area (Å²) >= 11 is 0. The predicted molar refractivity (Wildman–Crippen MR) is 131 cm³/mol. The first-order chi connectivity index (χ1) is 16.2. The minimum atomic E-state index is -0.390. The molecule has 1 spiro atoms. The average molecular weight is 465 g/mol. The first-order valence-corrected chi connectivity index (χ1v) is 12.4. The van der Waals surface area contributed by atoms with Gasteiger partial charge in [-0.3, -0.25) is 14.2 Å². The Labute approximate surface area is 201 Å². The molecule has 2 aromatic rings. The Morgan fingerprint density at radius 2 is 1.79 bits per heavy atom. The molecule has 0 unspecified atom stereocenters. The Bertz CT molecular complexity index is 1100. The fraction of sp³-hybridized carbons (Fsp3) is 0.556. The van der Waals surface area contributed by atoms with E-state index in [9.17, 15) is 14.4 Å². The van der Waals surface area contributed by atoms with Gasteiger partial charge in [-0.1, -0.05) is 44.2 Å². The molecular formula is C27H36N4O3. The van der Waals surface area contributed by atoms with Crippen molar-refractivity contribution >= 4 is 11.8 Å². The molecule has 182 valence electrons. The van der Waals surface area contributed by atoms with Gasteiger partial charge in [-0.15, -0.1) is 0 Å². The summed E-state index contributed by atoms with van der Waals surface area (Å²) < 4.78 is 1.43. The summed E-state index contributed by atoms with van der Waals surface area (Å²) in [6.45, 7) is 9.76. The van der Waals surface area contributed by atoms with Crippen LogP contribution in [0.25, 0.3) is 0 Å². The van der Waals surface area contributed by atoms with Gasteiger partial charge < -0.3 is 9.80 Å². The number of rotatable bonds is 6. The maximum absolute atomic E-state index is 13.7. The van der Waals surface area contributed by atoms with Gasteiger partial charge in [0.15, 0.2) is 0 Å². The zero-order chi connectivity index (χ0) is 24.5. The number of hydrogen-bond acceptors (Lipinski definition) is 4. The summed E-state index contributed by atoms with van der Waals surface area (Å²) in [5, 5.41) is 0. The molecule has 0 aliphatic carbocycles. The molecule has 0 bridgehead atoms. The molecule has 2 saturated heterocycles. The van der Waals surface area contributed by atoms with Crippen LogP contribution in [0.4, 0.5) is 0 Å². The molecule has 2 aliphatic heterocycles. The van der Waals surface area contributed by atoms with E-state index in [1.807, 2.05) is 24.0 Å². The molecule has 2 aliphatic rings. The largest absolute Gasteiger partial charge is 0.348 e. The van der Waals surface area contributed by atoms with E-state index in [4.69, 9.17) is 0 Å². The molecule has 2 amide bonds. The highest BCUT2D eigenvalue weighted by Crippen LogP contribution is 2.45. The number of benzene rings is 1. The summed E-state index contributed by atoms with van der Waals surface area (Å²) in [6.07, 6.45) is 3.07. The van der Waals surface area contributed by atoms with Gasteiger partial charge in [0.2, 0.25) is 11.8 Å². The number of aromatic nitrogens is 2. The summed E-state index contributed by atoms with van der Waals surface area (Å²) in [5.41, 5.74) is 1.87. The number of hydrogen-bond donors (Lipinski definition) is 0. The fourth-order valence-corrected chi connectivity index (χ4v) is 5.62. The molecular weight excluding hydrogens is 428 g/mol. The van der Waals surface area contributed by atoms with Crippen molar-refractivity contribution in [1.82, 2.24) is 19.4 Å². The van der Waals surface area contributed by atoms with Crippen LogP contribution in [0.1, 0.15) is 50.1 Å². The quantitative estimate of drug-likeness (QED) is 0.659. The van der Waals surface area contributed by atoms with E-state index in [2.05, 4.69) is 48.0 Å². The Balaban J connectivity index is 1.45. The van der Waals surface area contributed by atoms with Crippen LogP contribution in [0, 0.1) is 25.2 Å². The lowest BCUT2D eigenvalue weighted by molar-refractivity contribution is -0.143. The van der Waals surface area contributed by atoms with Gasteiger partial charge in [0.1, 0.15) is 6.54 Å². The zero-order valence-corrected chi connectivity index (χ0v) is 20.8. The number of aryl methyl sites for hydroxylation is 2. The predicted octanol–water partition coefficient (Wildman–Crippen LogP) is 2.97. The SMILES string of the molecule is Cc1cc(C)n(CC(=O)N2CCC3(CC2)C[C@@H](Cc2ccccc2)N(CC(C)C)C3=O)c(=O)n1. The third kappa shape index (κ3) is 4.93. The van der Waals surface area contributed by atoms with Gasteiger partial charge in [0.05, 0.1) is 5.41 Å². The number of likely N-dealkylation sites (tertiary alicyclic amines) is 2. The fourth-order valence-electron chi connectivity index (χ4n) is 5.62. The van der Waals surface area contributed by atoms with Crippen LogP contribution in [-0.4, -0.2) is 56.8 Å². The van der Waals surface area contributed by atoms with Crippen LogP contribution >= 0.6 is 0 Å². The molecule has 1 aromatic heterocycles. The summed E-state index contributed by atoms with van der Waals surface area (Å²) in [5.74, 6) is 0.573. The maximum atomic E-state index is 13.7. The third-order valence-electron chi connectivity index (χ3n) is 7.37. The molecule has 7 heteroatoms. The highest BCUT2D eigenvalue weighted by molar-refractivity contribution is 5.86. The molecule has 2 fully saturated rings. The van der Waals surface area contributed by atoms with Crippen LogP contribution in [0.3, 0.4) is 0 Å². The first-order valence-electron chi connectivity index (χ1n) is 12.4. The average Bonchev–Trinajstić information content (AvgIpc) is 3.02. The van der Waals surface area contributed by atoms with Crippen LogP contribution < -0.4 is 5.69 Å². The highest BCUT2D eigenvalue weighted by Gasteiger charge is 2.52. The van der Waals surface area contributed by atoms with Gasteiger partial charge in [-0.2, -0.15) is 4.98 Å². The molecule has 0 radical (unpaired) electrons. The van der Waals surface area contributed by atoms with E-state index in [-0.39, 0.29) is 29.8 Å². The summed E-state index contributed by atoms with van der Waals surface area (Å²) in [6, 6.07) is 12.4. The third-order valence-corrected chi connectivity index (χ3v) is 7.37. The monoisotopic (exact) mass is 464 g/mol. The van der Waals surface area contributed by atoms with Crippen molar-refractivity contribution in [2.75, 3.05) is 19.6 Å². The maximum Gasteiger partial charge on any atom is 0.348 e. The van der Waals surface area contributed by atoms with Crippen molar-refractivity contribution in [2.45, 2.75) is 66.0 Å². The Hall–Kier alpha value is -2.96. The summed E-state index contributed by atoms with van der Waals surface area (Å²) in [4.78, 5) is 46.8. The Morgan fingerprint density at radius 3 is 2.41 bits per heavy atom. The van der Waals surface area contributed by atoms with E-state index in [0.717, 1.165) is 25.1 Å². The smallest absolute Gasteiger partial charge is 0.341 e. The second-order valence-electron chi connectivity index (χ2n) is 10.5. The van der Waals surface area contributed by atoms with Gasteiger partial charge in [0, 0.05) is 37.1 Å². The second kappa shape index (κ2) is 9.72. The number of amides is 2. The van der Waals surface area contributed by atoms with E-state index < -0.39 is 5.69 Å². The van der Waals surface area contributed by atoms with Crippen LogP contribution in [0.2, 0.25) is 0 Å². The lowest BCUT2D eigenvalue weighted by atomic mass is 9.75. The molecule has 1 atom stereocenters. The number of piperidine rings is 1. The van der Waals surface area contributed by atoms with Crippen molar-refractivity contribution in [3.8, 4) is 0 Å². The van der Waals surface area contributed by atoms with Crippen LogP contribution in [0.15, 0.2) is 41.2 Å². The van der Waals surface area contributed by atoms with Gasteiger partial charge in [0.25, 0.3) is 0 Å². The molecule has 7 nitrogen and oxygen atoms in total. The minimum absolute atomic E-state index is 0.00496. The lowest BCUT2D eigenvalue weighted by Gasteiger charge is -2.38. The molecule has 1 aromatic carbocycles. The van der Waals surface area contributed by atoms with Crippen molar-refractivity contribution < 1.29 is 9.59 Å². The first kappa shape index (κ1) is 24.2. The van der Waals surface area contributed by atoms with E-state index >= 15 is 0 Å². The van der Waals surface area contributed by atoms with Crippen molar-refractivity contribution in [3.05, 3.63) is 63.8 Å². The second-order valence-corrected chi connectivity index (χ2v) is 10.5. The Kier molecular flexibility index (Phi) is 6.91. The molecule has 0 saturated carbocycles. The molecule has 34 heavy (non-hydrogen) atoms. The minimum Gasteiger partial charge on any atom is -0.341 e. The molecule has 4 rings (SSSR count).